The van der Waals surface area contributed by atoms with E-state index in [-0.39, 0.29) is 23.8 Å². The Morgan fingerprint density at radius 3 is 2.63 bits per heavy atom. The van der Waals surface area contributed by atoms with Crippen molar-refractivity contribution in [1.29, 1.82) is 0 Å². The lowest BCUT2D eigenvalue weighted by Gasteiger charge is -2.21. The van der Waals surface area contributed by atoms with Crippen molar-refractivity contribution in [3.8, 4) is 5.75 Å². The molecule has 1 unspecified atom stereocenters. The molecule has 0 aromatic heterocycles. The molecule has 7 heteroatoms. The van der Waals surface area contributed by atoms with Crippen LogP contribution in [-0.4, -0.2) is 37.1 Å². The summed E-state index contributed by atoms with van der Waals surface area (Å²) in [5, 5.41) is 9.55. The van der Waals surface area contributed by atoms with Crippen LogP contribution in [0.15, 0.2) is 36.4 Å². The Bertz CT molecular complexity index is 896. The van der Waals surface area contributed by atoms with Gasteiger partial charge in [-0.3, -0.25) is 14.5 Å². The Morgan fingerprint density at radius 1 is 1.15 bits per heavy atom. The fourth-order valence-electron chi connectivity index (χ4n) is 3.58. The van der Waals surface area contributed by atoms with Crippen LogP contribution in [-0.2, 0) is 9.53 Å². The van der Waals surface area contributed by atoms with Crippen LogP contribution in [0.5, 0.6) is 5.75 Å². The third-order valence-corrected chi connectivity index (χ3v) is 5.02. The smallest absolute Gasteiger partial charge is 0.262 e. The number of anilines is 2. The molecule has 0 saturated carbocycles. The van der Waals surface area contributed by atoms with Gasteiger partial charge < -0.3 is 14.7 Å². The molecule has 1 N–H and O–H groups in total. The van der Waals surface area contributed by atoms with Crippen molar-refractivity contribution in [2.45, 2.75) is 18.9 Å². The Morgan fingerprint density at radius 2 is 1.89 bits per heavy atom. The molecule has 2 fully saturated rings. The van der Waals surface area contributed by atoms with Crippen LogP contribution in [0, 0.1) is 5.82 Å². The van der Waals surface area contributed by atoms with E-state index in [1.54, 1.807) is 0 Å². The highest BCUT2D eigenvalue weighted by Crippen LogP contribution is 2.34. The maximum atomic E-state index is 13.9. The molecule has 27 heavy (non-hydrogen) atoms. The van der Waals surface area contributed by atoms with Crippen LogP contribution in [0.1, 0.15) is 34.9 Å². The number of phenols is 1. The molecular weight excluding hydrogens is 351 g/mol. The van der Waals surface area contributed by atoms with Gasteiger partial charge in [0.2, 0.25) is 0 Å². The number of halogens is 1. The van der Waals surface area contributed by atoms with Crippen molar-refractivity contribution in [2.75, 3.05) is 29.6 Å². The van der Waals surface area contributed by atoms with Gasteiger partial charge in [0.25, 0.3) is 5.91 Å². The minimum Gasteiger partial charge on any atom is -0.504 e. The Labute approximate surface area is 155 Å². The summed E-state index contributed by atoms with van der Waals surface area (Å²) >= 11 is 0. The average Bonchev–Trinajstić information content (AvgIpc) is 3.34. The Kier molecular flexibility index (Phi) is 4.53. The predicted octanol–water partition coefficient (Wildman–Crippen LogP) is 3.01. The number of benzene rings is 2. The quantitative estimate of drug-likeness (QED) is 0.838. The van der Waals surface area contributed by atoms with Crippen LogP contribution in [0.25, 0.3) is 0 Å². The second-order valence-electron chi connectivity index (χ2n) is 6.71. The first kappa shape index (κ1) is 17.5. The van der Waals surface area contributed by atoms with Crippen molar-refractivity contribution >= 4 is 23.6 Å². The van der Waals surface area contributed by atoms with Gasteiger partial charge in [-0.05, 0) is 48.7 Å². The summed E-state index contributed by atoms with van der Waals surface area (Å²) < 4.78 is 19.4. The Balaban J connectivity index is 1.60. The number of rotatable bonds is 4. The van der Waals surface area contributed by atoms with Crippen molar-refractivity contribution in [3.63, 3.8) is 0 Å². The summed E-state index contributed by atoms with van der Waals surface area (Å²) in [6, 6.07) is 9.99. The number of phenolic OH excluding ortho intramolecular Hbond substituents is 1. The van der Waals surface area contributed by atoms with Gasteiger partial charge in [0.15, 0.2) is 24.0 Å². The average molecular weight is 370 g/mol. The zero-order valence-electron chi connectivity index (χ0n) is 14.6. The van der Waals surface area contributed by atoms with Crippen LogP contribution < -0.4 is 9.80 Å². The molecule has 2 aliphatic rings. The van der Waals surface area contributed by atoms with Crippen molar-refractivity contribution in [3.05, 3.63) is 53.3 Å². The highest BCUT2D eigenvalue weighted by molar-refractivity contribution is 5.99. The summed E-state index contributed by atoms with van der Waals surface area (Å²) in [7, 11) is 0. The molecule has 2 aromatic carbocycles. The fourth-order valence-corrected chi connectivity index (χ4v) is 3.58. The third kappa shape index (κ3) is 3.14. The SMILES string of the molecule is O=Cc1cc(C2OCN(c3cccc(N4CCCC4)c3)C2=O)cc(F)c1O. The number of aldehydes is 1. The highest BCUT2D eigenvalue weighted by atomic mass is 19.1. The highest BCUT2D eigenvalue weighted by Gasteiger charge is 2.36. The van der Waals surface area contributed by atoms with Gasteiger partial charge >= 0.3 is 0 Å². The minimum absolute atomic E-state index is 0.0336. The first-order valence-electron chi connectivity index (χ1n) is 8.84. The molecule has 2 heterocycles. The molecule has 6 nitrogen and oxygen atoms in total. The van der Waals surface area contributed by atoms with Crippen LogP contribution in [0.3, 0.4) is 0 Å². The van der Waals surface area contributed by atoms with E-state index in [0.717, 1.165) is 37.7 Å². The number of nitrogens with zero attached hydrogens (tertiary/aromatic N) is 2. The standard InChI is InChI=1S/C20H19FN2O4/c21-17-9-13(8-14(11-24)18(17)25)19-20(26)23(12-27-19)16-5-3-4-15(10-16)22-6-1-2-7-22/h3-5,8-11,19,25H,1-2,6-7,12H2. The number of carbonyl (C=O) groups excluding carboxylic acids is 2. The van der Waals surface area contributed by atoms with Crippen LogP contribution in [0.4, 0.5) is 15.8 Å². The molecule has 140 valence electrons. The van der Waals surface area contributed by atoms with E-state index in [9.17, 15) is 19.1 Å². The van der Waals surface area contributed by atoms with Gasteiger partial charge in [-0.25, -0.2) is 4.39 Å². The molecule has 0 spiro atoms. The van der Waals surface area contributed by atoms with E-state index in [1.165, 1.54) is 11.0 Å². The summed E-state index contributed by atoms with van der Waals surface area (Å²) in [4.78, 5) is 27.6. The summed E-state index contributed by atoms with van der Waals surface area (Å²) in [6.45, 7) is 2.03. The molecule has 0 aliphatic carbocycles. The van der Waals surface area contributed by atoms with Crippen molar-refractivity contribution in [2.24, 2.45) is 0 Å². The first-order chi connectivity index (χ1) is 13.1. The lowest BCUT2D eigenvalue weighted by Crippen LogP contribution is -2.27. The molecule has 2 aliphatic heterocycles. The van der Waals surface area contributed by atoms with E-state index in [4.69, 9.17) is 4.74 Å². The third-order valence-electron chi connectivity index (χ3n) is 5.02. The summed E-state index contributed by atoms with van der Waals surface area (Å²) in [5.74, 6) is -2.02. The van der Waals surface area contributed by atoms with E-state index in [2.05, 4.69) is 4.90 Å². The lowest BCUT2D eigenvalue weighted by molar-refractivity contribution is -0.122. The van der Waals surface area contributed by atoms with Gasteiger partial charge in [-0.1, -0.05) is 6.07 Å². The van der Waals surface area contributed by atoms with Gasteiger partial charge in [-0.2, -0.15) is 0 Å². The molecular formula is C20H19FN2O4. The lowest BCUT2D eigenvalue weighted by atomic mass is 10.0. The maximum Gasteiger partial charge on any atom is 0.262 e. The zero-order valence-corrected chi connectivity index (χ0v) is 14.6. The summed E-state index contributed by atoms with van der Waals surface area (Å²) in [5.41, 5.74) is 1.76. The summed E-state index contributed by atoms with van der Waals surface area (Å²) in [6.07, 6.45) is 1.64. The molecule has 2 saturated heterocycles. The normalized spacial score (nSPS) is 19.7. The van der Waals surface area contributed by atoms with Gasteiger partial charge in [0, 0.05) is 24.5 Å². The van der Waals surface area contributed by atoms with Crippen molar-refractivity contribution < 1.29 is 23.8 Å². The van der Waals surface area contributed by atoms with E-state index in [0.29, 0.717) is 12.0 Å². The molecule has 1 amide bonds. The number of hydrogen-bond donors (Lipinski definition) is 1. The van der Waals surface area contributed by atoms with Gasteiger partial charge in [0.05, 0.1) is 5.56 Å². The van der Waals surface area contributed by atoms with E-state index >= 15 is 0 Å². The van der Waals surface area contributed by atoms with Gasteiger partial charge in [0.1, 0.15) is 6.73 Å². The van der Waals surface area contributed by atoms with E-state index in [1.807, 2.05) is 24.3 Å². The number of aromatic hydroxyl groups is 1. The molecule has 2 aromatic rings. The van der Waals surface area contributed by atoms with Crippen molar-refractivity contribution in [1.82, 2.24) is 0 Å². The topological polar surface area (TPSA) is 70.1 Å². The second kappa shape index (κ2) is 7.00. The molecule has 1 atom stereocenters. The predicted molar refractivity (Wildman–Crippen MR) is 97.5 cm³/mol. The second-order valence-corrected chi connectivity index (χ2v) is 6.71. The number of amides is 1. The monoisotopic (exact) mass is 370 g/mol. The minimum atomic E-state index is -1.02. The molecule has 0 radical (unpaired) electrons. The van der Waals surface area contributed by atoms with Crippen LogP contribution in [0.2, 0.25) is 0 Å². The first-order valence-corrected chi connectivity index (χ1v) is 8.84. The number of ether oxygens (including phenoxy) is 1. The van der Waals surface area contributed by atoms with Crippen LogP contribution >= 0.6 is 0 Å². The number of carbonyl (C=O) groups is 2. The van der Waals surface area contributed by atoms with E-state index < -0.39 is 17.7 Å². The largest absolute Gasteiger partial charge is 0.504 e. The maximum absolute atomic E-state index is 13.9. The fraction of sp³-hybridized carbons (Fsp3) is 0.300. The zero-order chi connectivity index (χ0) is 19.0. The molecule has 0 bridgehead atoms. The number of hydrogen-bond acceptors (Lipinski definition) is 5. The van der Waals surface area contributed by atoms with Gasteiger partial charge in [-0.15, -0.1) is 0 Å². The Hall–Kier alpha value is -2.93. The molecule has 4 rings (SSSR count).